The third-order valence-corrected chi connectivity index (χ3v) is 3.60. The molecule has 124 valence electrons. The molecule has 0 amide bonds. The number of para-hydroxylation sites is 1. The summed E-state index contributed by atoms with van der Waals surface area (Å²) in [5.41, 5.74) is 1.65. The SMILES string of the molecule is CCNc1nc(Nc2ccc(OC)cc2OC)nc2ccccc12. The Morgan fingerprint density at radius 3 is 2.58 bits per heavy atom. The van der Waals surface area contributed by atoms with E-state index in [-0.39, 0.29) is 0 Å². The van der Waals surface area contributed by atoms with Crippen LogP contribution in [0.25, 0.3) is 10.9 Å². The van der Waals surface area contributed by atoms with Crippen molar-refractivity contribution in [2.75, 3.05) is 31.4 Å². The summed E-state index contributed by atoms with van der Waals surface area (Å²) in [7, 11) is 3.24. The highest BCUT2D eigenvalue weighted by Gasteiger charge is 2.10. The second-order valence-corrected chi connectivity index (χ2v) is 5.13. The van der Waals surface area contributed by atoms with Gasteiger partial charge in [0.2, 0.25) is 5.95 Å². The predicted octanol–water partition coefficient (Wildman–Crippen LogP) is 3.82. The second kappa shape index (κ2) is 7.04. The lowest BCUT2D eigenvalue weighted by Crippen LogP contribution is -2.05. The zero-order valence-electron chi connectivity index (χ0n) is 14.0. The predicted molar refractivity (Wildman–Crippen MR) is 96.5 cm³/mol. The first-order valence-corrected chi connectivity index (χ1v) is 7.75. The van der Waals surface area contributed by atoms with E-state index in [0.717, 1.165) is 34.7 Å². The fourth-order valence-corrected chi connectivity index (χ4v) is 2.46. The Morgan fingerprint density at radius 2 is 1.83 bits per heavy atom. The molecular weight excluding hydrogens is 304 g/mol. The molecule has 0 saturated carbocycles. The number of hydrogen-bond acceptors (Lipinski definition) is 6. The van der Waals surface area contributed by atoms with Crippen molar-refractivity contribution in [2.45, 2.75) is 6.92 Å². The second-order valence-electron chi connectivity index (χ2n) is 5.13. The molecule has 0 unspecified atom stereocenters. The van der Waals surface area contributed by atoms with E-state index in [9.17, 15) is 0 Å². The van der Waals surface area contributed by atoms with Gasteiger partial charge in [0, 0.05) is 18.0 Å². The van der Waals surface area contributed by atoms with Gasteiger partial charge >= 0.3 is 0 Å². The number of benzene rings is 2. The Balaban J connectivity index is 2.01. The maximum atomic E-state index is 5.41. The van der Waals surface area contributed by atoms with Crippen LogP contribution in [0.3, 0.4) is 0 Å². The molecule has 0 aliphatic rings. The minimum absolute atomic E-state index is 0.508. The quantitative estimate of drug-likeness (QED) is 0.718. The standard InChI is InChI=1S/C18H20N4O2/c1-4-19-17-13-7-5-6-8-14(13)20-18(22-17)21-15-10-9-12(23-2)11-16(15)24-3/h5-11H,4H2,1-3H3,(H2,19,20,21,22). The highest BCUT2D eigenvalue weighted by atomic mass is 16.5. The van der Waals surface area contributed by atoms with E-state index in [0.29, 0.717) is 11.7 Å². The van der Waals surface area contributed by atoms with E-state index in [2.05, 4.69) is 20.6 Å². The lowest BCUT2D eigenvalue weighted by atomic mass is 10.2. The van der Waals surface area contributed by atoms with E-state index in [1.165, 1.54) is 0 Å². The highest BCUT2D eigenvalue weighted by Crippen LogP contribution is 2.31. The smallest absolute Gasteiger partial charge is 0.229 e. The lowest BCUT2D eigenvalue weighted by molar-refractivity contribution is 0.395. The molecule has 0 aliphatic carbocycles. The summed E-state index contributed by atoms with van der Waals surface area (Å²) in [5.74, 6) is 2.70. The van der Waals surface area contributed by atoms with E-state index in [4.69, 9.17) is 9.47 Å². The third kappa shape index (κ3) is 3.17. The molecule has 3 rings (SSSR count). The van der Waals surface area contributed by atoms with Crippen LogP contribution < -0.4 is 20.1 Å². The van der Waals surface area contributed by atoms with Gasteiger partial charge in [0.25, 0.3) is 0 Å². The lowest BCUT2D eigenvalue weighted by Gasteiger charge is -2.13. The van der Waals surface area contributed by atoms with Crippen molar-refractivity contribution in [3.8, 4) is 11.5 Å². The molecule has 0 aliphatic heterocycles. The molecule has 24 heavy (non-hydrogen) atoms. The van der Waals surface area contributed by atoms with Gasteiger partial charge in [-0.05, 0) is 31.2 Å². The number of ether oxygens (including phenoxy) is 2. The maximum absolute atomic E-state index is 5.41. The summed E-state index contributed by atoms with van der Waals surface area (Å²) in [6.45, 7) is 2.82. The van der Waals surface area contributed by atoms with Gasteiger partial charge in [0.05, 0.1) is 25.4 Å². The third-order valence-electron chi connectivity index (χ3n) is 3.60. The number of nitrogens with one attached hydrogen (secondary N) is 2. The van der Waals surface area contributed by atoms with Crippen molar-refractivity contribution in [3.05, 3.63) is 42.5 Å². The fourth-order valence-electron chi connectivity index (χ4n) is 2.46. The van der Waals surface area contributed by atoms with Crippen molar-refractivity contribution in [3.63, 3.8) is 0 Å². The molecule has 0 spiro atoms. The van der Waals surface area contributed by atoms with Crippen molar-refractivity contribution >= 4 is 28.4 Å². The topological polar surface area (TPSA) is 68.3 Å². The van der Waals surface area contributed by atoms with Gasteiger partial charge in [-0.25, -0.2) is 4.98 Å². The summed E-state index contributed by atoms with van der Waals surface area (Å²) >= 11 is 0. The largest absolute Gasteiger partial charge is 0.497 e. The van der Waals surface area contributed by atoms with Crippen molar-refractivity contribution < 1.29 is 9.47 Å². The number of nitrogens with zero attached hydrogens (tertiary/aromatic N) is 2. The first-order valence-electron chi connectivity index (χ1n) is 7.75. The van der Waals surface area contributed by atoms with Crippen LogP contribution in [0, 0.1) is 0 Å². The van der Waals surface area contributed by atoms with Gasteiger partial charge in [-0.15, -0.1) is 0 Å². The molecule has 0 fully saturated rings. The van der Waals surface area contributed by atoms with Crippen LogP contribution in [0.15, 0.2) is 42.5 Å². The van der Waals surface area contributed by atoms with Crippen LogP contribution in [0.2, 0.25) is 0 Å². The number of methoxy groups -OCH3 is 2. The molecule has 6 nitrogen and oxygen atoms in total. The van der Waals surface area contributed by atoms with Gasteiger partial charge in [0.1, 0.15) is 17.3 Å². The molecular formula is C18H20N4O2. The van der Waals surface area contributed by atoms with Crippen molar-refractivity contribution in [1.29, 1.82) is 0 Å². The molecule has 2 N–H and O–H groups in total. The summed E-state index contributed by atoms with van der Waals surface area (Å²) in [5, 5.41) is 7.50. The average Bonchev–Trinajstić information content (AvgIpc) is 2.62. The van der Waals surface area contributed by atoms with Crippen LogP contribution in [0.1, 0.15) is 6.92 Å². The molecule has 0 radical (unpaired) electrons. The molecule has 1 aromatic heterocycles. The Hall–Kier alpha value is -3.02. The van der Waals surface area contributed by atoms with Crippen LogP contribution in [-0.4, -0.2) is 30.7 Å². The molecule has 1 heterocycles. The zero-order valence-corrected chi connectivity index (χ0v) is 14.0. The van der Waals surface area contributed by atoms with Crippen molar-refractivity contribution in [2.24, 2.45) is 0 Å². The van der Waals surface area contributed by atoms with Crippen LogP contribution >= 0.6 is 0 Å². The number of anilines is 3. The zero-order chi connectivity index (χ0) is 16.9. The molecule has 3 aromatic rings. The van der Waals surface area contributed by atoms with Gasteiger partial charge in [-0.3, -0.25) is 0 Å². The molecule has 0 saturated heterocycles. The minimum Gasteiger partial charge on any atom is -0.497 e. The van der Waals surface area contributed by atoms with E-state index >= 15 is 0 Å². The summed E-state index contributed by atoms with van der Waals surface area (Å²) in [4.78, 5) is 9.17. The molecule has 0 bridgehead atoms. The van der Waals surface area contributed by atoms with Crippen LogP contribution in [-0.2, 0) is 0 Å². The van der Waals surface area contributed by atoms with Gasteiger partial charge < -0.3 is 20.1 Å². The number of rotatable bonds is 6. The Labute approximate surface area is 140 Å². The number of fused-ring (bicyclic) bond motifs is 1. The van der Waals surface area contributed by atoms with Crippen LogP contribution in [0.4, 0.5) is 17.5 Å². The molecule has 0 atom stereocenters. The first-order chi connectivity index (χ1) is 11.7. The van der Waals surface area contributed by atoms with Gasteiger partial charge in [-0.1, -0.05) is 12.1 Å². The van der Waals surface area contributed by atoms with E-state index in [1.54, 1.807) is 14.2 Å². The van der Waals surface area contributed by atoms with E-state index in [1.807, 2.05) is 49.4 Å². The minimum atomic E-state index is 0.508. The monoisotopic (exact) mass is 324 g/mol. The molecule has 6 heteroatoms. The molecule has 2 aromatic carbocycles. The van der Waals surface area contributed by atoms with Crippen LogP contribution in [0.5, 0.6) is 11.5 Å². The summed E-state index contributed by atoms with van der Waals surface area (Å²) < 4.78 is 10.6. The average molecular weight is 324 g/mol. The highest BCUT2D eigenvalue weighted by molar-refractivity contribution is 5.90. The number of hydrogen-bond donors (Lipinski definition) is 2. The summed E-state index contributed by atoms with van der Waals surface area (Å²) in [6, 6.07) is 13.5. The Bertz CT molecular complexity index is 852. The van der Waals surface area contributed by atoms with Gasteiger partial charge in [-0.2, -0.15) is 4.98 Å². The fraction of sp³-hybridized carbons (Fsp3) is 0.222. The number of aromatic nitrogens is 2. The van der Waals surface area contributed by atoms with E-state index < -0.39 is 0 Å². The van der Waals surface area contributed by atoms with Gasteiger partial charge in [0.15, 0.2) is 0 Å². The summed E-state index contributed by atoms with van der Waals surface area (Å²) in [6.07, 6.45) is 0. The first kappa shape index (κ1) is 15.9. The Kier molecular flexibility index (Phi) is 4.65. The normalized spacial score (nSPS) is 10.5. The maximum Gasteiger partial charge on any atom is 0.229 e. The Morgan fingerprint density at radius 1 is 1.00 bits per heavy atom. The van der Waals surface area contributed by atoms with Crippen molar-refractivity contribution in [1.82, 2.24) is 9.97 Å².